The molecule has 2 aromatic carbocycles. The minimum Gasteiger partial charge on any atom is -0.346 e. The molecule has 0 bridgehead atoms. The Kier molecular flexibility index (Phi) is 5.09. The van der Waals surface area contributed by atoms with E-state index < -0.39 is 11.1 Å². The number of benzene rings is 2. The second-order valence-electron chi connectivity index (χ2n) is 7.67. The zero-order valence-electron chi connectivity index (χ0n) is 16.7. The summed E-state index contributed by atoms with van der Waals surface area (Å²) in [6, 6.07) is 11.4. The third-order valence-electron chi connectivity index (χ3n) is 5.77. The number of amides is 1. The molecule has 2 N–H and O–H groups in total. The number of rotatable bonds is 4. The van der Waals surface area contributed by atoms with Gasteiger partial charge >= 0.3 is 11.1 Å². The summed E-state index contributed by atoms with van der Waals surface area (Å²) in [6.07, 6.45) is 4.69. The van der Waals surface area contributed by atoms with Gasteiger partial charge in [0.05, 0.1) is 17.1 Å². The fraction of sp³-hybridized carbons (Fsp3) is 0.348. The third-order valence-corrected chi connectivity index (χ3v) is 5.77. The minimum absolute atomic E-state index is 0.130. The number of fused-ring (bicyclic) bond motifs is 2. The summed E-state index contributed by atoms with van der Waals surface area (Å²) in [5.74, 6) is -0.216. The Morgan fingerprint density at radius 3 is 2.62 bits per heavy atom. The van der Waals surface area contributed by atoms with Crippen molar-refractivity contribution in [3.63, 3.8) is 0 Å². The van der Waals surface area contributed by atoms with Gasteiger partial charge in [0.15, 0.2) is 0 Å². The molecule has 150 valence electrons. The summed E-state index contributed by atoms with van der Waals surface area (Å²) in [7, 11) is 0. The van der Waals surface area contributed by atoms with Crippen LogP contribution in [-0.2, 0) is 19.4 Å². The number of nitrogens with one attached hydrogen (secondary N) is 2. The number of carbonyl (C=O) groups excluding carboxylic acids is 1. The van der Waals surface area contributed by atoms with Gasteiger partial charge in [0.25, 0.3) is 5.91 Å². The highest BCUT2D eigenvalue weighted by Gasteiger charge is 2.16. The van der Waals surface area contributed by atoms with Crippen LogP contribution in [-0.4, -0.2) is 15.5 Å². The van der Waals surface area contributed by atoms with Crippen LogP contribution >= 0.6 is 0 Å². The van der Waals surface area contributed by atoms with E-state index in [2.05, 4.69) is 28.5 Å². The molecule has 1 aromatic heterocycles. The zero-order valence-corrected chi connectivity index (χ0v) is 16.7. The Bertz CT molecular complexity index is 1210. The monoisotopic (exact) mass is 391 g/mol. The molecule has 6 nitrogen and oxygen atoms in total. The minimum atomic E-state index is -0.681. The highest BCUT2D eigenvalue weighted by molar-refractivity contribution is 5.97. The molecule has 0 aliphatic heterocycles. The first kappa shape index (κ1) is 19.2. The highest BCUT2D eigenvalue weighted by atomic mass is 16.2. The number of carbonyl (C=O) groups is 1. The highest BCUT2D eigenvalue weighted by Crippen LogP contribution is 2.25. The smallest absolute Gasteiger partial charge is 0.316 e. The third kappa shape index (κ3) is 3.62. The lowest BCUT2D eigenvalue weighted by Gasteiger charge is -2.20. The summed E-state index contributed by atoms with van der Waals surface area (Å²) in [5.41, 5.74) is 4.15. The maximum absolute atomic E-state index is 12.8. The van der Waals surface area contributed by atoms with Crippen molar-refractivity contribution in [1.29, 1.82) is 0 Å². The van der Waals surface area contributed by atoms with Gasteiger partial charge in [-0.1, -0.05) is 18.2 Å². The molecule has 0 radical (unpaired) electrons. The number of nitrogens with zero attached hydrogens (tertiary/aromatic N) is 1. The molecule has 6 heteroatoms. The fourth-order valence-corrected chi connectivity index (χ4v) is 4.12. The van der Waals surface area contributed by atoms with Gasteiger partial charge in [-0.2, -0.15) is 0 Å². The van der Waals surface area contributed by atoms with E-state index in [1.807, 2.05) is 6.92 Å². The Morgan fingerprint density at radius 1 is 1.10 bits per heavy atom. The van der Waals surface area contributed by atoms with E-state index in [-0.39, 0.29) is 11.9 Å². The Hall–Kier alpha value is -3.15. The van der Waals surface area contributed by atoms with E-state index in [1.165, 1.54) is 28.5 Å². The van der Waals surface area contributed by atoms with Crippen molar-refractivity contribution in [2.45, 2.75) is 52.1 Å². The zero-order chi connectivity index (χ0) is 20.5. The number of H-pyrrole nitrogens is 1. The molecule has 1 amide bonds. The lowest BCUT2D eigenvalue weighted by atomic mass is 9.89. The molecule has 0 saturated carbocycles. The number of hydrogen-bond donors (Lipinski definition) is 2. The summed E-state index contributed by atoms with van der Waals surface area (Å²) >= 11 is 0. The van der Waals surface area contributed by atoms with Crippen LogP contribution in [0.1, 0.15) is 59.8 Å². The summed E-state index contributed by atoms with van der Waals surface area (Å²) in [6.45, 7) is 4.17. The van der Waals surface area contributed by atoms with Gasteiger partial charge in [0, 0.05) is 12.1 Å². The van der Waals surface area contributed by atoms with Crippen molar-refractivity contribution < 1.29 is 4.79 Å². The second-order valence-corrected chi connectivity index (χ2v) is 7.67. The van der Waals surface area contributed by atoms with Crippen LogP contribution < -0.4 is 16.4 Å². The van der Waals surface area contributed by atoms with Crippen molar-refractivity contribution in [2.24, 2.45) is 0 Å². The Labute approximate surface area is 168 Å². The van der Waals surface area contributed by atoms with Gasteiger partial charge < -0.3 is 14.9 Å². The van der Waals surface area contributed by atoms with Crippen molar-refractivity contribution >= 4 is 16.9 Å². The van der Waals surface area contributed by atoms with Crippen LogP contribution in [0, 0.1) is 0 Å². The number of aromatic nitrogens is 2. The lowest BCUT2D eigenvalue weighted by Crippen LogP contribution is -2.36. The molecule has 0 fully saturated rings. The van der Waals surface area contributed by atoms with Crippen LogP contribution in [0.2, 0.25) is 0 Å². The first-order valence-electron chi connectivity index (χ1n) is 10.2. The van der Waals surface area contributed by atoms with Crippen LogP contribution in [0.15, 0.2) is 46.0 Å². The van der Waals surface area contributed by atoms with Crippen LogP contribution in [0.25, 0.3) is 11.0 Å². The average molecular weight is 391 g/mol. The van der Waals surface area contributed by atoms with Crippen molar-refractivity contribution in [3.05, 3.63) is 79.4 Å². The molecule has 1 unspecified atom stereocenters. The van der Waals surface area contributed by atoms with Gasteiger partial charge in [-0.3, -0.25) is 14.4 Å². The Balaban J connectivity index is 1.59. The van der Waals surface area contributed by atoms with Crippen LogP contribution in [0.3, 0.4) is 0 Å². The molecule has 4 rings (SSSR count). The van der Waals surface area contributed by atoms with E-state index in [0.717, 1.165) is 18.4 Å². The SMILES string of the molecule is CCn1c(=O)c(=O)[nH]c2cc(C(=O)NC(C)c3ccc4c(c3)CCCC4)ccc21. The fourth-order valence-electron chi connectivity index (χ4n) is 4.12. The van der Waals surface area contributed by atoms with E-state index in [1.54, 1.807) is 25.1 Å². The van der Waals surface area contributed by atoms with Crippen molar-refractivity contribution in [1.82, 2.24) is 14.9 Å². The number of aromatic amines is 1. The quantitative estimate of drug-likeness (QED) is 0.671. The van der Waals surface area contributed by atoms with E-state index in [4.69, 9.17) is 0 Å². The lowest BCUT2D eigenvalue weighted by molar-refractivity contribution is 0.0940. The largest absolute Gasteiger partial charge is 0.346 e. The summed E-state index contributed by atoms with van der Waals surface area (Å²) in [5, 5.41) is 3.04. The number of hydrogen-bond acceptors (Lipinski definition) is 3. The maximum atomic E-state index is 12.8. The molecule has 1 heterocycles. The molecule has 1 aliphatic rings. The predicted molar refractivity (Wildman–Crippen MR) is 113 cm³/mol. The van der Waals surface area contributed by atoms with Crippen LogP contribution in [0.5, 0.6) is 0 Å². The van der Waals surface area contributed by atoms with Gasteiger partial charge in [-0.15, -0.1) is 0 Å². The van der Waals surface area contributed by atoms with Gasteiger partial charge in [-0.05, 0) is 74.4 Å². The first-order valence-corrected chi connectivity index (χ1v) is 10.2. The number of aryl methyl sites for hydroxylation is 3. The molecule has 3 aromatic rings. The maximum Gasteiger partial charge on any atom is 0.316 e. The topological polar surface area (TPSA) is 84.0 Å². The van der Waals surface area contributed by atoms with Crippen molar-refractivity contribution in [3.8, 4) is 0 Å². The Morgan fingerprint density at radius 2 is 1.86 bits per heavy atom. The van der Waals surface area contributed by atoms with Gasteiger partial charge in [0.1, 0.15) is 0 Å². The second kappa shape index (κ2) is 7.70. The summed E-state index contributed by atoms with van der Waals surface area (Å²) in [4.78, 5) is 39.2. The molecule has 1 aliphatic carbocycles. The molecular weight excluding hydrogens is 366 g/mol. The van der Waals surface area contributed by atoms with Crippen molar-refractivity contribution in [2.75, 3.05) is 0 Å². The molecule has 0 saturated heterocycles. The molecular formula is C23H25N3O3. The first-order chi connectivity index (χ1) is 14.0. The van der Waals surface area contributed by atoms with Crippen LogP contribution in [0.4, 0.5) is 0 Å². The standard InChI is InChI=1S/C23H25N3O3/c1-3-26-20-11-10-18(13-19(20)25-22(28)23(26)29)21(27)24-14(2)16-9-8-15-6-4-5-7-17(15)12-16/h8-14H,3-7H2,1-2H3,(H,24,27)(H,25,28). The molecule has 29 heavy (non-hydrogen) atoms. The molecule has 1 atom stereocenters. The summed E-state index contributed by atoms with van der Waals surface area (Å²) < 4.78 is 1.41. The molecule has 0 spiro atoms. The average Bonchev–Trinajstić information content (AvgIpc) is 2.74. The van der Waals surface area contributed by atoms with E-state index in [0.29, 0.717) is 23.1 Å². The van der Waals surface area contributed by atoms with E-state index >= 15 is 0 Å². The van der Waals surface area contributed by atoms with Gasteiger partial charge in [0.2, 0.25) is 0 Å². The van der Waals surface area contributed by atoms with Gasteiger partial charge in [-0.25, -0.2) is 0 Å². The predicted octanol–water partition coefficient (Wildman–Crippen LogP) is 3.08. The van der Waals surface area contributed by atoms with E-state index in [9.17, 15) is 14.4 Å². The normalized spacial score (nSPS) is 14.4.